The molecular formula is C10H12Cl2O2S. The molecule has 0 amide bonds. The Hall–Kier alpha value is -0.380. The first-order valence-electron chi connectivity index (χ1n) is 4.39. The first kappa shape index (κ1) is 14.6. The summed E-state index contributed by atoms with van der Waals surface area (Å²) in [5, 5.41) is 0.544. The summed E-state index contributed by atoms with van der Waals surface area (Å²) in [4.78, 5) is 10.5. The molecule has 0 aliphatic heterocycles. The zero-order valence-corrected chi connectivity index (χ0v) is 10.9. The molecule has 5 heteroatoms. The molecule has 0 atom stereocenters. The van der Waals surface area contributed by atoms with Crippen molar-refractivity contribution in [1.82, 2.24) is 0 Å². The van der Waals surface area contributed by atoms with Gasteiger partial charge >= 0.3 is 0 Å². The molecule has 0 aliphatic rings. The minimum absolute atomic E-state index is 0.107. The van der Waals surface area contributed by atoms with Crippen LogP contribution in [0.3, 0.4) is 0 Å². The quantitative estimate of drug-likeness (QED) is 0.842. The largest absolute Gasteiger partial charge is 0.483 e. The van der Waals surface area contributed by atoms with Gasteiger partial charge in [0.05, 0.1) is 5.02 Å². The van der Waals surface area contributed by atoms with E-state index in [2.05, 4.69) is 12.6 Å². The lowest BCUT2D eigenvalue weighted by Gasteiger charge is -2.05. The minimum atomic E-state index is -0.356. The van der Waals surface area contributed by atoms with Gasteiger partial charge in [-0.05, 0) is 18.2 Å². The SMILES string of the molecule is CC.O=C(S)COc1ccc(Cl)cc1Cl. The average Bonchev–Trinajstić information content (AvgIpc) is 2.19. The summed E-state index contributed by atoms with van der Waals surface area (Å²) in [5.41, 5.74) is 0. The number of ether oxygens (including phenoxy) is 1. The van der Waals surface area contributed by atoms with Gasteiger partial charge in [0.25, 0.3) is 0 Å². The molecule has 0 saturated carbocycles. The molecule has 15 heavy (non-hydrogen) atoms. The predicted octanol–water partition coefficient (Wildman–Crippen LogP) is 3.85. The Kier molecular flexibility index (Phi) is 7.65. The number of hydrogen-bond acceptors (Lipinski definition) is 2. The van der Waals surface area contributed by atoms with Crippen LogP contribution in [0.1, 0.15) is 13.8 Å². The third-order valence-electron chi connectivity index (χ3n) is 1.25. The monoisotopic (exact) mass is 266 g/mol. The van der Waals surface area contributed by atoms with Crippen LogP contribution in [-0.4, -0.2) is 11.7 Å². The molecule has 0 radical (unpaired) electrons. The van der Waals surface area contributed by atoms with E-state index in [1.54, 1.807) is 18.2 Å². The summed E-state index contributed by atoms with van der Waals surface area (Å²) >= 11 is 15.0. The fourth-order valence-corrected chi connectivity index (χ4v) is 1.26. The molecule has 84 valence electrons. The lowest BCUT2D eigenvalue weighted by atomic mass is 10.3. The summed E-state index contributed by atoms with van der Waals surface area (Å²) in [6.07, 6.45) is 0. The zero-order chi connectivity index (χ0) is 11.8. The number of carbonyl (C=O) groups is 1. The second-order valence-electron chi connectivity index (χ2n) is 2.26. The molecular weight excluding hydrogens is 255 g/mol. The second kappa shape index (κ2) is 7.85. The molecule has 0 spiro atoms. The minimum Gasteiger partial charge on any atom is -0.483 e. The van der Waals surface area contributed by atoms with Gasteiger partial charge < -0.3 is 4.74 Å². The van der Waals surface area contributed by atoms with Gasteiger partial charge in [-0.1, -0.05) is 37.0 Å². The molecule has 0 unspecified atom stereocenters. The highest BCUT2D eigenvalue weighted by Gasteiger charge is 2.03. The van der Waals surface area contributed by atoms with Crippen molar-refractivity contribution in [2.45, 2.75) is 13.8 Å². The van der Waals surface area contributed by atoms with Crippen molar-refractivity contribution in [3.05, 3.63) is 28.2 Å². The Morgan fingerprint density at radius 1 is 1.40 bits per heavy atom. The van der Waals surface area contributed by atoms with E-state index in [-0.39, 0.29) is 11.7 Å². The molecule has 0 bridgehead atoms. The predicted molar refractivity (Wildman–Crippen MR) is 67.3 cm³/mol. The molecule has 0 aliphatic carbocycles. The van der Waals surface area contributed by atoms with Crippen molar-refractivity contribution >= 4 is 40.9 Å². The van der Waals surface area contributed by atoms with Crippen LogP contribution < -0.4 is 4.74 Å². The lowest BCUT2D eigenvalue weighted by Crippen LogP contribution is -2.04. The van der Waals surface area contributed by atoms with Gasteiger partial charge in [-0.2, -0.15) is 0 Å². The molecule has 1 rings (SSSR count). The summed E-state index contributed by atoms with van der Waals surface area (Å²) in [7, 11) is 0. The van der Waals surface area contributed by atoms with Gasteiger partial charge in [0.1, 0.15) is 5.75 Å². The molecule has 0 aromatic heterocycles. The molecule has 0 fully saturated rings. The Labute approximate surface area is 105 Å². The van der Waals surface area contributed by atoms with E-state index >= 15 is 0 Å². The van der Waals surface area contributed by atoms with E-state index in [4.69, 9.17) is 27.9 Å². The van der Waals surface area contributed by atoms with E-state index in [1.165, 1.54) is 0 Å². The topological polar surface area (TPSA) is 26.3 Å². The maximum atomic E-state index is 10.5. The van der Waals surface area contributed by atoms with Gasteiger partial charge in [0.15, 0.2) is 6.61 Å². The number of rotatable bonds is 3. The summed E-state index contributed by atoms with van der Waals surface area (Å²) in [5.74, 6) is 0.425. The fourth-order valence-electron chi connectivity index (χ4n) is 0.732. The maximum Gasteiger partial charge on any atom is 0.223 e. The van der Waals surface area contributed by atoms with Gasteiger partial charge in [-0.3, -0.25) is 4.79 Å². The van der Waals surface area contributed by atoms with Crippen LogP contribution in [-0.2, 0) is 4.79 Å². The molecule has 0 saturated heterocycles. The van der Waals surface area contributed by atoms with E-state index in [9.17, 15) is 4.79 Å². The van der Waals surface area contributed by atoms with Gasteiger partial charge in [-0.25, -0.2) is 0 Å². The fraction of sp³-hybridized carbons (Fsp3) is 0.300. The Morgan fingerprint density at radius 2 is 2.00 bits per heavy atom. The standard InChI is InChI=1S/C8H6Cl2O2S.C2H6/c9-5-1-2-7(6(10)3-5)12-4-8(11)13;1-2/h1-3H,4H2,(H,11,13);1-2H3. The van der Waals surface area contributed by atoms with Crippen molar-refractivity contribution < 1.29 is 9.53 Å². The third-order valence-corrected chi connectivity index (χ3v) is 1.90. The first-order valence-corrected chi connectivity index (χ1v) is 5.59. The van der Waals surface area contributed by atoms with Crippen LogP contribution in [0.15, 0.2) is 18.2 Å². The Balaban J connectivity index is 0.000000921. The van der Waals surface area contributed by atoms with Crippen LogP contribution in [0.2, 0.25) is 10.0 Å². The van der Waals surface area contributed by atoms with E-state index in [0.29, 0.717) is 15.8 Å². The average molecular weight is 267 g/mol. The highest BCUT2D eigenvalue weighted by Crippen LogP contribution is 2.27. The van der Waals surface area contributed by atoms with Crippen molar-refractivity contribution in [1.29, 1.82) is 0 Å². The molecule has 2 nitrogen and oxygen atoms in total. The van der Waals surface area contributed by atoms with Gasteiger partial charge in [0, 0.05) is 5.02 Å². The van der Waals surface area contributed by atoms with Crippen molar-refractivity contribution in [2.24, 2.45) is 0 Å². The van der Waals surface area contributed by atoms with Gasteiger partial charge in [0.2, 0.25) is 5.12 Å². The Bertz CT molecular complexity index is 329. The highest BCUT2D eigenvalue weighted by molar-refractivity contribution is 7.96. The lowest BCUT2D eigenvalue weighted by molar-refractivity contribution is -0.112. The molecule has 0 N–H and O–H groups in total. The van der Waals surface area contributed by atoms with Crippen molar-refractivity contribution in [3.63, 3.8) is 0 Å². The second-order valence-corrected chi connectivity index (χ2v) is 3.60. The van der Waals surface area contributed by atoms with Crippen LogP contribution in [0.5, 0.6) is 5.75 Å². The molecule has 1 aromatic rings. The normalized spacial score (nSPS) is 8.87. The van der Waals surface area contributed by atoms with Gasteiger partial charge in [-0.15, -0.1) is 12.6 Å². The number of hydrogen-bond donors (Lipinski definition) is 1. The summed E-state index contributed by atoms with van der Waals surface area (Å²) in [6, 6.07) is 4.77. The zero-order valence-electron chi connectivity index (χ0n) is 8.46. The van der Waals surface area contributed by atoms with Crippen LogP contribution >= 0.6 is 35.8 Å². The smallest absolute Gasteiger partial charge is 0.223 e. The Morgan fingerprint density at radius 3 is 2.47 bits per heavy atom. The summed E-state index contributed by atoms with van der Waals surface area (Å²) < 4.78 is 5.04. The number of halogens is 2. The van der Waals surface area contributed by atoms with Crippen LogP contribution in [0.4, 0.5) is 0 Å². The van der Waals surface area contributed by atoms with E-state index in [1.807, 2.05) is 13.8 Å². The number of benzene rings is 1. The maximum absolute atomic E-state index is 10.5. The first-order chi connectivity index (χ1) is 7.09. The molecule has 1 aromatic carbocycles. The number of carbonyl (C=O) groups excluding carboxylic acids is 1. The van der Waals surface area contributed by atoms with Crippen LogP contribution in [0.25, 0.3) is 0 Å². The number of thiol groups is 1. The van der Waals surface area contributed by atoms with Crippen molar-refractivity contribution in [2.75, 3.05) is 6.61 Å². The third kappa shape index (κ3) is 5.92. The molecule has 0 heterocycles. The van der Waals surface area contributed by atoms with E-state index in [0.717, 1.165) is 0 Å². The summed E-state index contributed by atoms with van der Waals surface area (Å²) in [6.45, 7) is 3.89. The highest BCUT2D eigenvalue weighted by atomic mass is 35.5. The van der Waals surface area contributed by atoms with Crippen molar-refractivity contribution in [3.8, 4) is 5.75 Å². The van der Waals surface area contributed by atoms with E-state index < -0.39 is 0 Å². The van der Waals surface area contributed by atoms with Crippen LogP contribution in [0, 0.1) is 0 Å².